The lowest BCUT2D eigenvalue weighted by Crippen LogP contribution is -2.32. The summed E-state index contributed by atoms with van der Waals surface area (Å²) in [7, 11) is 2.75. The van der Waals surface area contributed by atoms with Gasteiger partial charge in [-0.2, -0.15) is 0 Å². The van der Waals surface area contributed by atoms with E-state index in [-0.39, 0.29) is 17.9 Å². The van der Waals surface area contributed by atoms with Gasteiger partial charge in [-0.3, -0.25) is 9.59 Å². The van der Waals surface area contributed by atoms with Crippen molar-refractivity contribution in [3.63, 3.8) is 0 Å². The Hall–Kier alpha value is -1.75. The maximum atomic E-state index is 11.6. The number of esters is 1. The van der Waals surface area contributed by atoms with E-state index >= 15 is 0 Å². The van der Waals surface area contributed by atoms with E-state index in [9.17, 15) is 9.59 Å². The minimum Gasteiger partial charge on any atom is -0.493 e. The molecule has 1 aromatic carbocycles. The van der Waals surface area contributed by atoms with Gasteiger partial charge in [0.05, 0.1) is 25.2 Å². The number of carbonyl (C=O) groups excluding carboxylic acids is 2. The molecule has 6 heteroatoms. The molecule has 0 saturated carbocycles. The normalized spacial score (nSPS) is 10.8. The van der Waals surface area contributed by atoms with Crippen LogP contribution in [0.25, 0.3) is 0 Å². The highest BCUT2D eigenvalue weighted by atomic mass is 35.5. The van der Waals surface area contributed by atoms with E-state index in [2.05, 4.69) is 0 Å². The number of hydrogen-bond donors (Lipinski definition) is 0. The highest BCUT2D eigenvalue weighted by Gasteiger charge is 2.30. The third-order valence-corrected chi connectivity index (χ3v) is 2.93. The fraction of sp³-hybridized carbons (Fsp3) is 0.429. The lowest BCUT2D eigenvalue weighted by atomic mass is 9.95. The van der Waals surface area contributed by atoms with Crippen LogP contribution in [-0.4, -0.2) is 33.1 Å². The van der Waals surface area contributed by atoms with Crippen LogP contribution in [0.5, 0.6) is 11.5 Å². The summed E-state index contributed by atoms with van der Waals surface area (Å²) in [5.41, 5.74) is -0.588. The van der Waals surface area contributed by atoms with Crippen molar-refractivity contribution >= 4 is 23.9 Å². The van der Waals surface area contributed by atoms with Gasteiger partial charge in [-0.05, 0) is 19.9 Å². The van der Waals surface area contributed by atoms with Gasteiger partial charge in [0.25, 0.3) is 0 Å². The first kappa shape index (κ1) is 16.3. The molecule has 1 aromatic rings. The van der Waals surface area contributed by atoms with E-state index in [4.69, 9.17) is 25.8 Å². The number of halogens is 1. The van der Waals surface area contributed by atoms with Crippen LogP contribution in [0.4, 0.5) is 0 Å². The molecule has 0 fully saturated rings. The lowest BCUT2D eigenvalue weighted by Gasteiger charge is -2.23. The molecular weight excluding hydrogens is 284 g/mol. The molecule has 0 aliphatic carbocycles. The van der Waals surface area contributed by atoms with Crippen molar-refractivity contribution in [3.05, 3.63) is 22.7 Å². The van der Waals surface area contributed by atoms with Gasteiger partial charge in [0.1, 0.15) is 6.61 Å². The maximum Gasteiger partial charge on any atom is 0.314 e. The average molecular weight is 301 g/mol. The van der Waals surface area contributed by atoms with E-state index in [1.807, 2.05) is 0 Å². The fourth-order valence-corrected chi connectivity index (χ4v) is 1.79. The SMILES string of the molecule is COC(=O)C(C)(C)COc1c(C=O)cc(Cl)cc1OC. The first-order chi connectivity index (χ1) is 9.35. The topological polar surface area (TPSA) is 61.8 Å². The van der Waals surface area contributed by atoms with Crippen molar-refractivity contribution < 1.29 is 23.8 Å². The monoisotopic (exact) mass is 300 g/mol. The average Bonchev–Trinajstić information content (AvgIpc) is 2.43. The van der Waals surface area contributed by atoms with Crippen molar-refractivity contribution in [1.82, 2.24) is 0 Å². The standard InChI is InChI=1S/C14H17ClO5/c1-14(2,13(17)19-4)8-20-12-9(7-16)5-10(15)6-11(12)18-3/h5-7H,8H2,1-4H3. The molecule has 0 atom stereocenters. The van der Waals surface area contributed by atoms with Crippen LogP contribution < -0.4 is 9.47 Å². The quantitative estimate of drug-likeness (QED) is 0.597. The molecule has 0 aliphatic heterocycles. The summed E-state index contributed by atoms with van der Waals surface area (Å²) in [6, 6.07) is 3.01. The summed E-state index contributed by atoms with van der Waals surface area (Å²) in [6.07, 6.45) is 0.620. The molecule has 0 aromatic heterocycles. The molecule has 0 aliphatic rings. The Bertz CT molecular complexity index is 511. The summed E-state index contributed by atoms with van der Waals surface area (Å²) in [6.45, 7) is 3.40. The van der Waals surface area contributed by atoms with Crippen LogP contribution in [-0.2, 0) is 9.53 Å². The van der Waals surface area contributed by atoms with Gasteiger partial charge >= 0.3 is 5.97 Å². The molecule has 110 valence electrons. The zero-order valence-corrected chi connectivity index (χ0v) is 12.6. The summed E-state index contributed by atoms with van der Waals surface area (Å²) >= 11 is 5.87. The van der Waals surface area contributed by atoms with Crippen molar-refractivity contribution in [3.8, 4) is 11.5 Å². The van der Waals surface area contributed by atoms with Crippen LogP contribution in [0, 0.1) is 5.41 Å². The molecule has 0 N–H and O–H groups in total. The second kappa shape index (κ2) is 6.61. The van der Waals surface area contributed by atoms with Crippen LogP contribution >= 0.6 is 11.6 Å². The molecule has 0 heterocycles. The van der Waals surface area contributed by atoms with Crippen LogP contribution in [0.15, 0.2) is 12.1 Å². The minimum absolute atomic E-state index is 0.0402. The van der Waals surface area contributed by atoms with Crippen molar-refractivity contribution in [2.24, 2.45) is 5.41 Å². The first-order valence-electron chi connectivity index (χ1n) is 5.89. The maximum absolute atomic E-state index is 11.6. The Kier molecular flexibility index (Phi) is 5.39. The molecule has 0 unspecified atom stereocenters. The highest BCUT2D eigenvalue weighted by molar-refractivity contribution is 6.31. The molecule has 0 amide bonds. The van der Waals surface area contributed by atoms with Crippen LogP contribution in [0.1, 0.15) is 24.2 Å². The zero-order valence-electron chi connectivity index (χ0n) is 11.9. The Labute approximate surface area is 122 Å². The van der Waals surface area contributed by atoms with Gasteiger partial charge in [-0.1, -0.05) is 11.6 Å². The third kappa shape index (κ3) is 3.63. The number of hydrogen-bond acceptors (Lipinski definition) is 5. The summed E-state index contributed by atoms with van der Waals surface area (Å²) in [4.78, 5) is 22.7. The second-order valence-corrected chi connectivity index (χ2v) is 5.24. The van der Waals surface area contributed by atoms with Crippen LogP contribution in [0.3, 0.4) is 0 Å². The van der Waals surface area contributed by atoms with E-state index in [1.54, 1.807) is 13.8 Å². The van der Waals surface area contributed by atoms with Crippen LogP contribution in [0.2, 0.25) is 5.02 Å². The molecular formula is C14H17ClO5. The number of methoxy groups -OCH3 is 2. The first-order valence-corrected chi connectivity index (χ1v) is 6.27. The predicted molar refractivity (Wildman–Crippen MR) is 74.7 cm³/mol. The molecule has 1 rings (SSSR count). The Morgan fingerprint density at radius 1 is 1.35 bits per heavy atom. The van der Waals surface area contributed by atoms with Crippen molar-refractivity contribution in [2.75, 3.05) is 20.8 Å². The van der Waals surface area contributed by atoms with E-state index < -0.39 is 11.4 Å². The molecule has 20 heavy (non-hydrogen) atoms. The van der Waals surface area contributed by atoms with Gasteiger partial charge in [0, 0.05) is 11.1 Å². The Balaban J connectivity index is 3.03. The molecule has 0 bridgehead atoms. The van der Waals surface area contributed by atoms with Gasteiger partial charge < -0.3 is 14.2 Å². The third-order valence-electron chi connectivity index (χ3n) is 2.71. The van der Waals surface area contributed by atoms with Gasteiger partial charge in [0.2, 0.25) is 0 Å². The highest BCUT2D eigenvalue weighted by Crippen LogP contribution is 2.35. The van der Waals surface area contributed by atoms with E-state index in [1.165, 1.54) is 26.4 Å². The molecule has 0 radical (unpaired) electrons. The summed E-state index contributed by atoms with van der Waals surface area (Å²) in [5.74, 6) is 0.183. The number of benzene rings is 1. The summed E-state index contributed by atoms with van der Waals surface area (Å²) < 4.78 is 15.4. The molecule has 0 spiro atoms. The number of rotatable bonds is 6. The summed E-state index contributed by atoms with van der Waals surface area (Å²) in [5, 5.41) is 0.364. The van der Waals surface area contributed by atoms with Gasteiger partial charge in [-0.25, -0.2) is 0 Å². The van der Waals surface area contributed by atoms with Gasteiger partial charge in [-0.15, -0.1) is 0 Å². The number of ether oxygens (including phenoxy) is 3. The Morgan fingerprint density at radius 2 is 2.00 bits per heavy atom. The van der Waals surface area contributed by atoms with E-state index in [0.717, 1.165) is 0 Å². The van der Waals surface area contributed by atoms with Gasteiger partial charge in [0.15, 0.2) is 17.8 Å². The van der Waals surface area contributed by atoms with Crippen molar-refractivity contribution in [1.29, 1.82) is 0 Å². The smallest absolute Gasteiger partial charge is 0.314 e. The number of aldehydes is 1. The van der Waals surface area contributed by atoms with E-state index in [0.29, 0.717) is 17.1 Å². The van der Waals surface area contributed by atoms with Crippen molar-refractivity contribution in [2.45, 2.75) is 13.8 Å². The minimum atomic E-state index is -0.848. The largest absolute Gasteiger partial charge is 0.493 e. The zero-order chi connectivity index (χ0) is 15.3. The fourth-order valence-electron chi connectivity index (χ4n) is 1.57. The predicted octanol–water partition coefficient (Wildman–Crippen LogP) is 2.74. The lowest BCUT2D eigenvalue weighted by molar-refractivity contribution is -0.152. The Morgan fingerprint density at radius 3 is 2.50 bits per heavy atom. The second-order valence-electron chi connectivity index (χ2n) is 4.81. The molecule has 5 nitrogen and oxygen atoms in total. The number of carbonyl (C=O) groups is 2. The molecule has 0 saturated heterocycles.